The first-order chi connectivity index (χ1) is 12.3. The Balaban J connectivity index is 1.75. The lowest BCUT2D eigenvalue weighted by molar-refractivity contribution is -0.131. The molecule has 0 atom stereocenters. The first-order valence-electron chi connectivity index (χ1n) is 8.60. The van der Waals surface area contributed by atoms with E-state index in [-0.39, 0.29) is 11.8 Å². The van der Waals surface area contributed by atoms with Crippen LogP contribution in [0.4, 0.5) is 5.13 Å². The Labute approximate surface area is 151 Å². The summed E-state index contributed by atoms with van der Waals surface area (Å²) in [5, 5.41) is 5.61. The molecule has 0 radical (unpaired) electrons. The molecule has 3 nitrogen and oxygen atoms in total. The number of anilines is 1. The molecule has 3 aromatic rings. The second kappa shape index (κ2) is 6.81. The largest absolute Gasteiger partial charge is 0.301 e. The van der Waals surface area contributed by atoms with Crippen molar-refractivity contribution in [2.75, 3.05) is 5.32 Å². The summed E-state index contributed by atoms with van der Waals surface area (Å²) in [6, 6.07) is 20.8. The van der Waals surface area contributed by atoms with Crippen LogP contribution < -0.4 is 5.32 Å². The van der Waals surface area contributed by atoms with Crippen molar-refractivity contribution in [2.45, 2.75) is 25.2 Å². The molecular formula is C21H20N2OS. The number of thiazole rings is 1. The third-order valence-corrected chi connectivity index (χ3v) is 5.86. The van der Waals surface area contributed by atoms with Crippen LogP contribution in [0.2, 0.25) is 0 Å². The first kappa shape index (κ1) is 16.0. The minimum Gasteiger partial charge on any atom is -0.301 e. The van der Waals surface area contributed by atoms with Crippen molar-refractivity contribution in [3.63, 3.8) is 0 Å². The molecule has 4 heteroatoms. The molecule has 1 aliphatic carbocycles. The molecule has 0 aliphatic heterocycles. The van der Waals surface area contributed by atoms with E-state index < -0.39 is 5.41 Å². The molecule has 0 saturated heterocycles. The van der Waals surface area contributed by atoms with E-state index in [4.69, 9.17) is 0 Å². The highest BCUT2D eigenvalue weighted by Gasteiger charge is 2.51. The van der Waals surface area contributed by atoms with E-state index >= 15 is 0 Å². The number of nitrogens with zero attached hydrogens (tertiary/aromatic N) is 1. The zero-order chi connectivity index (χ0) is 17.1. The Kier molecular flexibility index (Phi) is 4.36. The van der Waals surface area contributed by atoms with Crippen LogP contribution in [0.5, 0.6) is 0 Å². The molecule has 4 rings (SSSR count). The van der Waals surface area contributed by atoms with Gasteiger partial charge in [0.05, 0.1) is 5.41 Å². The zero-order valence-corrected chi connectivity index (χ0v) is 14.7. The summed E-state index contributed by atoms with van der Waals surface area (Å²) in [5.74, 6) is 0.148. The van der Waals surface area contributed by atoms with Gasteiger partial charge in [-0.25, -0.2) is 4.98 Å². The molecule has 0 unspecified atom stereocenters. The van der Waals surface area contributed by atoms with Gasteiger partial charge in [0.25, 0.3) is 0 Å². The number of hydrogen-bond acceptors (Lipinski definition) is 3. The van der Waals surface area contributed by atoms with Crippen molar-refractivity contribution in [2.24, 2.45) is 5.41 Å². The van der Waals surface area contributed by atoms with E-state index in [0.717, 1.165) is 19.3 Å². The molecule has 1 saturated carbocycles. The molecule has 126 valence electrons. The zero-order valence-electron chi connectivity index (χ0n) is 13.9. The summed E-state index contributed by atoms with van der Waals surface area (Å²) < 4.78 is 0. The van der Waals surface area contributed by atoms with Gasteiger partial charge in [0, 0.05) is 17.5 Å². The van der Waals surface area contributed by atoms with Gasteiger partial charge in [0.2, 0.25) is 5.91 Å². The lowest BCUT2D eigenvalue weighted by atomic mass is 9.57. The van der Waals surface area contributed by atoms with Crippen LogP contribution in [0.25, 0.3) is 0 Å². The SMILES string of the molecule is O=C(Nc1nccs1)C1(C(c2ccccc2)c2ccccc2)CCC1. The highest BCUT2D eigenvalue weighted by atomic mass is 32.1. The normalized spacial score (nSPS) is 15.6. The minimum absolute atomic E-state index is 0.0589. The van der Waals surface area contributed by atoms with Crippen molar-refractivity contribution < 1.29 is 4.79 Å². The summed E-state index contributed by atoms with van der Waals surface area (Å²) >= 11 is 1.46. The lowest BCUT2D eigenvalue weighted by Gasteiger charge is -2.46. The van der Waals surface area contributed by atoms with E-state index in [2.05, 4.69) is 58.8 Å². The summed E-state index contributed by atoms with van der Waals surface area (Å²) in [5.41, 5.74) is 1.99. The standard InChI is InChI=1S/C21H20N2OS/c24-19(23-20-22-14-15-25-20)21(12-7-13-21)18(16-8-3-1-4-9-16)17-10-5-2-6-11-17/h1-6,8-11,14-15,18H,7,12-13H2,(H,22,23,24). The second-order valence-electron chi connectivity index (χ2n) is 6.56. The average Bonchev–Trinajstić information content (AvgIpc) is 3.12. The fourth-order valence-electron chi connectivity index (χ4n) is 3.83. The maximum absolute atomic E-state index is 13.3. The van der Waals surface area contributed by atoms with Crippen molar-refractivity contribution in [1.29, 1.82) is 0 Å². The van der Waals surface area contributed by atoms with Gasteiger partial charge in [-0.15, -0.1) is 11.3 Å². The van der Waals surface area contributed by atoms with Gasteiger partial charge in [-0.2, -0.15) is 0 Å². The van der Waals surface area contributed by atoms with Crippen molar-refractivity contribution in [1.82, 2.24) is 4.98 Å². The predicted molar refractivity (Wildman–Crippen MR) is 102 cm³/mol. The third kappa shape index (κ3) is 2.98. The predicted octanol–water partition coefficient (Wildman–Crippen LogP) is 5.08. The minimum atomic E-state index is -0.408. The van der Waals surface area contributed by atoms with E-state index in [1.54, 1.807) is 6.20 Å². The van der Waals surface area contributed by atoms with Gasteiger partial charge in [-0.3, -0.25) is 4.79 Å². The number of aromatic nitrogens is 1. The van der Waals surface area contributed by atoms with E-state index in [0.29, 0.717) is 5.13 Å². The number of carbonyl (C=O) groups is 1. The number of rotatable bonds is 5. The summed E-state index contributed by atoms with van der Waals surface area (Å²) in [7, 11) is 0. The van der Waals surface area contributed by atoms with Crippen LogP contribution in [0.1, 0.15) is 36.3 Å². The Bertz CT molecular complexity index is 787. The van der Waals surface area contributed by atoms with Crippen LogP contribution in [0, 0.1) is 5.41 Å². The average molecular weight is 348 g/mol. The highest BCUT2D eigenvalue weighted by molar-refractivity contribution is 7.13. The number of amides is 1. The summed E-state index contributed by atoms with van der Waals surface area (Å²) in [4.78, 5) is 17.5. The fourth-order valence-corrected chi connectivity index (χ4v) is 4.36. The number of benzene rings is 2. The monoisotopic (exact) mass is 348 g/mol. The van der Waals surface area contributed by atoms with E-state index in [9.17, 15) is 4.79 Å². The molecule has 1 amide bonds. The van der Waals surface area contributed by atoms with Crippen LogP contribution in [0.15, 0.2) is 72.2 Å². The van der Waals surface area contributed by atoms with Gasteiger partial charge in [-0.05, 0) is 24.0 Å². The topological polar surface area (TPSA) is 42.0 Å². The number of carbonyl (C=O) groups excluding carboxylic acids is 1. The van der Waals surface area contributed by atoms with Crippen molar-refractivity contribution in [3.05, 3.63) is 83.4 Å². The van der Waals surface area contributed by atoms with Gasteiger partial charge < -0.3 is 5.32 Å². The number of hydrogen-bond donors (Lipinski definition) is 1. The smallest absolute Gasteiger partial charge is 0.233 e. The van der Waals surface area contributed by atoms with Crippen LogP contribution in [-0.2, 0) is 4.79 Å². The molecule has 25 heavy (non-hydrogen) atoms. The summed E-state index contributed by atoms with van der Waals surface area (Å²) in [6.45, 7) is 0. The van der Waals surface area contributed by atoms with Gasteiger partial charge in [-0.1, -0.05) is 67.1 Å². The summed E-state index contributed by atoms with van der Waals surface area (Å²) in [6.07, 6.45) is 4.61. The van der Waals surface area contributed by atoms with Gasteiger partial charge >= 0.3 is 0 Å². The molecule has 1 fully saturated rings. The Morgan fingerprint density at radius 3 is 2.04 bits per heavy atom. The van der Waals surface area contributed by atoms with Crippen LogP contribution in [-0.4, -0.2) is 10.9 Å². The Hall–Kier alpha value is -2.46. The maximum atomic E-state index is 13.3. The van der Waals surface area contributed by atoms with E-state index in [1.165, 1.54) is 22.5 Å². The van der Waals surface area contributed by atoms with Crippen LogP contribution in [0.3, 0.4) is 0 Å². The molecule has 1 heterocycles. The second-order valence-corrected chi connectivity index (χ2v) is 7.45. The van der Waals surface area contributed by atoms with Crippen LogP contribution >= 0.6 is 11.3 Å². The maximum Gasteiger partial charge on any atom is 0.233 e. The molecule has 0 spiro atoms. The van der Waals surface area contributed by atoms with Gasteiger partial charge in [0.15, 0.2) is 5.13 Å². The highest BCUT2D eigenvalue weighted by Crippen LogP contribution is 2.54. The lowest BCUT2D eigenvalue weighted by Crippen LogP contribution is -2.47. The molecule has 2 aromatic carbocycles. The van der Waals surface area contributed by atoms with Crippen molar-refractivity contribution >= 4 is 22.4 Å². The fraction of sp³-hybridized carbons (Fsp3) is 0.238. The van der Waals surface area contributed by atoms with Gasteiger partial charge in [0.1, 0.15) is 0 Å². The molecule has 1 aromatic heterocycles. The molecule has 0 bridgehead atoms. The Morgan fingerprint density at radius 2 is 1.60 bits per heavy atom. The quantitative estimate of drug-likeness (QED) is 0.698. The first-order valence-corrected chi connectivity index (χ1v) is 9.48. The van der Waals surface area contributed by atoms with E-state index in [1.807, 2.05) is 17.5 Å². The molecule has 1 N–H and O–H groups in total. The number of nitrogens with one attached hydrogen (secondary N) is 1. The molecule has 1 aliphatic rings. The molecular weight excluding hydrogens is 328 g/mol. The Morgan fingerprint density at radius 1 is 1.00 bits per heavy atom. The third-order valence-electron chi connectivity index (χ3n) is 5.17. The van der Waals surface area contributed by atoms with Crippen molar-refractivity contribution in [3.8, 4) is 0 Å².